The number of rotatable bonds is 4. The van der Waals surface area contributed by atoms with Gasteiger partial charge in [-0.2, -0.15) is 5.10 Å². The number of aromatic amines is 1. The predicted octanol–water partition coefficient (Wildman–Crippen LogP) is 2.33. The van der Waals surface area contributed by atoms with Gasteiger partial charge >= 0.3 is 5.97 Å². The SMILES string of the molecule is Cc1cc(C(=O)Nc2ccc(C(C)(C)C(=O)O)cc2)n[nH]1. The van der Waals surface area contributed by atoms with Gasteiger partial charge in [0.15, 0.2) is 5.69 Å². The number of H-pyrrole nitrogens is 1. The van der Waals surface area contributed by atoms with Gasteiger partial charge in [0.25, 0.3) is 5.91 Å². The van der Waals surface area contributed by atoms with Crippen LogP contribution in [0.3, 0.4) is 0 Å². The van der Waals surface area contributed by atoms with Gasteiger partial charge in [0, 0.05) is 11.4 Å². The third kappa shape index (κ3) is 3.10. The molecule has 0 saturated carbocycles. The van der Waals surface area contributed by atoms with Crippen molar-refractivity contribution in [3.63, 3.8) is 0 Å². The lowest BCUT2D eigenvalue weighted by atomic mass is 9.85. The monoisotopic (exact) mass is 287 g/mol. The Labute approximate surface area is 122 Å². The van der Waals surface area contributed by atoms with Crippen molar-refractivity contribution in [2.75, 3.05) is 5.32 Å². The molecule has 2 rings (SSSR count). The highest BCUT2D eigenvalue weighted by molar-refractivity contribution is 6.02. The Balaban J connectivity index is 2.13. The zero-order valence-corrected chi connectivity index (χ0v) is 12.1. The molecule has 0 saturated heterocycles. The van der Waals surface area contributed by atoms with E-state index in [-0.39, 0.29) is 5.91 Å². The summed E-state index contributed by atoms with van der Waals surface area (Å²) in [4.78, 5) is 23.1. The fourth-order valence-electron chi connectivity index (χ4n) is 1.82. The number of carbonyl (C=O) groups excluding carboxylic acids is 1. The molecule has 6 heteroatoms. The molecule has 0 unspecified atom stereocenters. The van der Waals surface area contributed by atoms with Crippen LogP contribution in [-0.4, -0.2) is 27.2 Å². The zero-order chi connectivity index (χ0) is 15.6. The Kier molecular flexibility index (Phi) is 3.80. The summed E-state index contributed by atoms with van der Waals surface area (Å²) in [5.74, 6) is -1.21. The van der Waals surface area contributed by atoms with E-state index < -0.39 is 11.4 Å². The first-order valence-electron chi connectivity index (χ1n) is 6.48. The van der Waals surface area contributed by atoms with E-state index in [0.29, 0.717) is 16.9 Å². The molecule has 0 aliphatic carbocycles. The number of carboxylic acids is 1. The highest BCUT2D eigenvalue weighted by Gasteiger charge is 2.29. The van der Waals surface area contributed by atoms with Gasteiger partial charge in [-0.3, -0.25) is 14.7 Å². The van der Waals surface area contributed by atoms with E-state index in [2.05, 4.69) is 15.5 Å². The Bertz CT molecular complexity index is 672. The Hall–Kier alpha value is -2.63. The minimum atomic E-state index is -0.970. The molecular weight excluding hydrogens is 270 g/mol. The van der Waals surface area contributed by atoms with Crippen molar-refractivity contribution in [3.05, 3.63) is 47.3 Å². The number of carbonyl (C=O) groups is 2. The zero-order valence-electron chi connectivity index (χ0n) is 12.1. The molecule has 0 bridgehead atoms. The maximum Gasteiger partial charge on any atom is 0.313 e. The lowest BCUT2D eigenvalue weighted by Crippen LogP contribution is -2.28. The van der Waals surface area contributed by atoms with Gasteiger partial charge in [0.1, 0.15) is 0 Å². The van der Waals surface area contributed by atoms with Crippen molar-refractivity contribution in [2.24, 2.45) is 0 Å². The third-order valence-electron chi connectivity index (χ3n) is 3.34. The van der Waals surface area contributed by atoms with Crippen LogP contribution in [0.2, 0.25) is 0 Å². The van der Waals surface area contributed by atoms with Gasteiger partial charge in [0.2, 0.25) is 0 Å². The maximum atomic E-state index is 11.9. The molecule has 1 amide bonds. The van der Waals surface area contributed by atoms with E-state index in [4.69, 9.17) is 0 Å². The number of amides is 1. The standard InChI is InChI=1S/C15H17N3O3/c1-9-8-12(18-17-9)13(19)16-11-6-4-10(5-7-11)15(2,3)14(20)21/h4-8H,1-3H3,(H,16,19)(H,17,18)(H,20,21). The number of nitrogens with zero attached hydrogens (tertiary/aromatic N) is 1. The van der Waals surface area contributed by atoms with Crippen molar-refractivity contribution in [3.8, 4) is 0 Å². The number of nitrogens with one attached hydrogen (secondary N) is 2. The third-order valence-corrected chi connectivity index (χ3v) is 3.34. The minimum Gasteiger partial charge on any atom is -0.481 e. The smallest absolute Gasteiger partial charge is 0.313 e. The first-order valence-corrected chi connectivity index (χ1v) is 6.48. The summed E-state index contributed by atoms with van der Waals surface area (Å²) in [6.45, 7) is 5.08. The number of aliphatic carboxylic acids is 1. The lowest BCUT2D eigenvalue weighted by Gasteiger charge is -2.19. The lowest BCUT2D eigenvalue weighted by molar-refractivity contribution is -0.142. The topological polar surface area (TPSA) is 95.1 Å². The molecule has 21 heavy (non-hydrogen) atoms. The van der Waals surface area contributed by atoms with Crippen LogP contribution in [0.5, 0.6) is 0 Å². The van der Waals surface area contributed by atoms with Crippen molar-refractivity contribution in [1.82, 2.24) is 10.2 Å². The summed E-state index contributed by atoms with van der Waals surface area (Å²) >= 11 is 0. The summed E-state index contributed by atoms with van der Waals surface area (Å²) in [5.41, 5.74) is 1.40. The molecule has 0 aliphatic rings. The van der Waals surface area contributed by atoms with Gasteiger partial charge in [0.05, 0.1) is 5.41 Å². The Morgan fingerprint density at radius 2 is 1.86 bits per heavy atom. The van der Waals surface area contributed by atoms with Crippen molar-refractivity contribution in [1.29, 1.82) is 0 Å². The Morgan fingerprint density at radius 3 is 2.33 bits per heavy atom. The van der Waals surface area contributed by atoms with E-state index in [1.165, 1.54) is 0 Å². The summed E-state index contributed by atoms with van der Waals surface area (Å²) in [5, 5.41) is 18.5. The van der Waals surface area contributed by atoms with Crippen LogP contribution in [0, 0.1) is 6.92 Å². The molecule has 1 heterocycles. The maximum absolute atomic E-state index is 11.9. The molecule has 0 fully saturated rings. The van der Waals surface area contributed by atoms with Crippen molar-refractivity contribution < 1.29 is 14.7 Å². The van der Waals surface area contributed by atoms with E-state index in [1.54, 1.807) is 44.2 Å². The second-order valence-corrected chi connectivity index (χ2v) is 5.40. The van der Waals surface area contributed by atoms with Crippen LogP contribution in [0.1, 0.15) is 35.6 Å². The second-order valence-electron chi connectivity index (χ2n) is 5.40. The molecule has 3 N–H and O–H groups in total. The molecule has 0 aliphatic heterocycles. The summed E-state index contributed by atoms with van der Waals surface area (Å²) < 4.78 is 0. The fourth-order valence-corrected chi connectivity index (χ4v) is 1.82. The van der Waals surface area contributed by atoms with Crippen molar-refractivity contribution >= 4 is 17.6 Å². The second kappa shape index (κ2) is 5.40. The van der Waals surface area contributed by atoms with E-state index in [9.17, 15) is 14.7 Å². The van der Waals surface area contributed by atoms with Crippen LogP contribution in [0.4, 0.5) is 5.69 Å². The number of carboxylic acid groups (broad SMARTS) is 1. The number of anilines is 1. The van der Waals surface area contributed by atoms with Gasteiger partial charge < -0.3 is 10.4 Å². The summed E-state index contributed by atoms with van der Waals surface area (Å²) in [6.07, 6.45) is 0. The fraction of sp³-hybridized carbons (Fsp3) is 0.267. The van der Waals surface area contributed by atoms with Crippen LogP contribution < -0.4 is 5.32 Å². The summed E-state index contributed by atoms with van der Waals surface area (Å²) in [7, 11) is 0. The van der Waals surface area contributed by atoms with Gasteiger partial charge in [-0.05, 0) is 44.5 Å². The molecule has 0 atom stereocenters. The molecule has 6 nitrogen and oxygen atoms in total. The van der Waals surface area contributed by atoms with Gasteiger partial charge in [-0.1, -0.05) is 12.1 Å². The molecule has 1 aromatic carbocycles. The average molecular weight is 287 g/mol. The van der Waals surface area contributed by atoms with E-state index >= 15 is 0 Å². The van der Waals surface area contributed by atoms with Crippen molar-refractivity contribution in [2.45, 2.75) is 26.2 Å². The normalized spacial score (nSPS) is 11.2. The van der Waals surface area contributed by atoms with Crippen LogP contribution in [0.15, 0.2) is 30.3 Å². The average Bonchev–Trinajstić information content (AvgIpc) is 2.86. The first kappa shape index (κ1) is 14.8. The van der Waals surface area contributed by atoms with Gasteiger partial charge in [-0.15, -0.1) is 0 Å². The molecule has 0 spiro atoms. The number of hydrogen-bond donors (Lipinski definition) is 3. The molecular formula is C15H17N3O3. The van der Waals surface area contributed by atoms with Crippen LogP contribution >= 0.6 is 0 Å². The Morgan fingerprint density at radius 1 is 1.24 bits per heavy atom. The number of aryl methyl sites for hydroxylation is 1. The van der Waals surface area contributed by atoms with Gasteiger partial charge in [-0.25, -0.2) is 0 Å². The minimum absolute atomic E-state index is 0.308. The van der Waals surface area contributed by atoms with Crippen LogP contribution in [0.25, 0.3) is 0 Å². The highest BCUT2D eigenvalue weighted by atomic mass is 16.4. The van der Waals surface area contributed by atoms with E-state index in [1.807, 2.05) is 6.92 Å². The molecule has 1 aromatic heterocycles. The molecule has 110 valence electrons. The molecule has 2 aromatic rings. The largest absolute Gasteiger partial charge is 0.481 e. The quantitative estimate of drug-likeness (QED) is 0.804. The summed E-state index contributed by atoms with van der Waals surface area (Å²) in [6, 6.07) is 8.39. The highest BCUT2D eigenvalue weighted by Crippen LogP contribution is 2.24. The number of hydrogen-bond acceptors (Lipinski definition) is 3. The number of aromatic nitrogens is 2. The number of benzene rings is 1. The van der Waals surface area contributed by atoms with E-state index in [0.717, 1.165) is 5.69 Å². The van der Waals surface area contributed by atoms with Crippen LogP contribution in [-0.2, 0) is 10.2 Å². The first-order chi connectivity index (χ1) is 9.80. The predicted molar refractivity (Wildman–Crippen MR) is 78.4 cm³/mol. The molecule has 0 radical (unpaired) electrons.